The quantitative estimate of drug-likeness (QED) is 0.807. The summed E-state index contributed by atoms with van der Waals surface area (Å²) in [6, 6.07) is 9.12. The summed E-state index contributed by atoms with van der Waals surface area (Å²) in [4.78, 5) is 11.4. The number of anilines is 1. The molecule has 0 radical (unpaired) electrons. The molecule has 1 aromatic heterocycles. The van der Waals surface area contributed by atoms with Crippen LogP contribution in [0.4, 0.5) is 5.82 Å². The van der Waals surface area contributed by atoms with Crippen LogP contribution in [0.25, 0.3) is 0 Å². The average molecular weight is 366 g/mol. The Morgan fingerprint density at radius 1 is 1.21 bits per heavy atom. The first-order valence-corrected chi connectivity index (χ1v) is 8.41. The van der Waals surface area contributed by atoms with Crippen molar-refractivity contribution in [1.82, 2.24) is 10.2 Å². The van der Waals surface area contributed by atoms with E-state index >= 15 is 0 Å². The van der Waals surface area contributed by atoms with Crippen LogP contribution in [0.3, 0.4) is 0 Å². The van der Waals surface area contributed by atoms with Gasteiger partial charge in [-0.05, 0) is 42.7 Å². The van der Waals surface area contributed by atoms with Crippen molar-refractivity contribution >= 4 is 35.0 Å². The fourth-order valence-electron chi connectivity index (χ4n) is 2.90. The highest BCUT2D eigenvalue weighted by atomic mass is 35.5. The van der Waals surface area contributed by atoms with Crippen LogP contribution in [0, 0.1) is 0 Å². The SMILES string of the molecule is COC(=O)c1ccc(NCC2(c3ccc(Cl)c(Cl)c3)CCC2)nn1. The lowest BCUT2D eigenvalue weighted by Gasteiger charge is -2.42. The normalized spacial score (nSPS) is 15.5. The standard InChI is InChI=1S/C17H17Cl2N3O2/c1-24-16(23)14-5-6-15(22-21-14)20-10-17(7-2-8-17)11-3-4-12(18)13(19)9-11/h3-6,9H,2,7-8,10H2,1H3,(H,20,22). The van der Waals surface area contributed by atoms with Gasteiger partial charge in [0.1, 0.15) is 5.82 Å². The minimum absolute atomic E-state index is 0.0247. The molecule has 0 saturated heterocycles. The molecular weight excluding hydrogens is 349 g/mol. The maximum absolute atomic E-state index is 11.4. The van der Waals surface area contributed by atoms with E-state index in [-0.39, 0.29) is 11.1 Å². The summed E-state index contributed by atoms with van der Waals surface area (Å²) in [5, 5.41) is 12.3. The molecule has 0 aliphatic heterocycles. The lowest BCUT2D eigenvalue weighted by molar-refractivity contribution is 0.0592. The van der Waals surface area contributed by atoms with Gasteiger partial charge in [0, 0.05) is 12.0 Å². The molecule has 0 atom stereocenters. The molecule has 1 saturated carbocycles. The highest BCUT2D eigenvalue weighted by Crippen LogP contribution is 2.45. The third-order valence-corrected chi connectivity index (χ3v) is 5.25. The van der Waals surface area contributed by atoms with E-state index < -0.39 is 5.97 Å². The van der Waals surface area contributed by atoms with Crippen molar-refractivity contribution in [3.8, 4) is 0 Å². The zero-order valence-electron chi connectivity index (χ0n) is 13.2. The summed E-state index contributed by atoms with van der Waals surface area (Å²) in [5.41, 5.74) is 1.39. The number of methoxy groups -OCH3 is 1. The molecule has 1 aliphatic carbocycles. The fraction of sp³-hybridized carbons (Fsp3) is 0.353. The summed E-state index contributed by atoms with van der Waals surface area (Å²) in [6.07, 6.45) is 3.33. The molecule has 0 unspecified atom stereocenters. The second-order valence-corrected chi connectivity index (χ2v) is 6.73. The van der Waals surface area contributed by atoms with Gasteiger partial charge in [-0.25, -0.2) is 4.79 Å². The van der Waals surface area contributed by atoms with Crippen molar-refractivity contribution < 1.29 is 9.53 Å². The third-order valence-electron chi connectivity index (χ3n) is 4.51. The molecule has 0 bridgehead atoms. The van der Waals surface area contributed by atoms with E-state index in [0.717, 1.165) is 19.4 Å². The van der Waals surface area contributed by atoms with E-state index in [1.54, 1.807) is 12.1 Å². The molecule has 7 heteroatoms. The minimum atomic E-state index is -0.500. The molecule has 1 heterocycles. The maximum Gasteiger partial charge on any atom is 0.358 e. The summed E-state index contributed by atoms with van der Waals surface area (Å²) in [7, 11) is 1.31. The molecule has 1 aromatic carbocycles. The lowest BCUT2D eigenvalue weighted by atomic mass is 9.64. The first-order valence-electron chi connectivity index (χ1n) is 7.65. The maximum atomic E-state index is 11.4. The number of hydrogen-bond donors (Lipinski definition) is 1. The van der Waals surface area contributed by atoms with Crippen molar-refractivity contribution in [3.63, 3.8) is 0 Å². The largest absolute Gasteiger partial charge is 0.464 e. The van der Waals surface area contributed by atoms with E-state index in [0.29, 0.717) is 15.9 Å². The van der Waals surface area contributed by atoms with Crippen LogP contribution in [0.15, 0.2) is 30.3 Å². The van der Waals surface area contributed by atoms with E-state index in [1.165, 1.54) is 19.1 Å². The van der Waals surface area contributed by atoms with Crippen LogP contribution < -0.4 is 5.32 Å². The van der Waals surface area contributed by atoms with Gasteiger partial charge in [-0.2, -0.15) is 0 Å². The highest BCUT2D eigenvalue weighted by molar-refractivity contribution is 6.42. The fourth-order valence-corrected chi connectivity index (χ4v) is 3.19. The molecule has 1 fully saturated rings. The van der Waals surface area contributed by atoms with Crippen LogP contribution >= 0.6 is 23.2 Å². The number of esters is 1. The topological polar surface area (TPSA) is 64.1 Å². The molecule has 126 valence electrons. The Morgan fingerprint density at radius 2 is 2.00 bits per heavy atom. The van der Waals surface area contributed by atoms with Gasteiger partial charge in [0.05, 0.1) is 17.2 Å². The Kier molecular flexibility index (Phi) is 4.92. The van der Waals surface area contributed by atoms with Gasteiger partial charge in [0.2, 0.25) is 0 Å². The Morgan fingerprint density at radius 3 is 2.54 bits per heavy atom. The summed E-state index contributed by atoms with van der Waals surface area (Å²) >= 11 is 12.2. The van der Waals surface area contributed by atoms with Crippen LogP contribution in [0.2, 0.25) is 10.0 Å². The third kappa shape index (κ3) is 3.32. The van der Waals surface area contributed by atoms with Gasteiger partial charge in [-0.1, -0.05) is 35.7 Å². The zero-order valence-corrected chi connectivity index (χ0v) is 14.7. The molecule has 0 amide bonds. The number of hydrogen-bond acceptors (Lipinski definition) is 5. The molecule has 0 spiro atoms. The van der Waals surface area contributed by atoms with Crippen molar-refractivity contribution in [2.24, 2.45) is 0 Å². The number of halogens is 2. The van der Waals surface area contributed by atoms with E-state index in [4.69, 9.17) is 23.2 Å². The molecule has 1 N–H and O–H groups in total. The Balaban J connectivity index is 1.72. The Labute approximate surface area is 150 Å². The van der Waals surface area contributed by atoms with Crippen molar-refractivity contribution in [3.05, 3.63) is 51.6 Å². The number of ether oxygens (including phenoxy) is 1. The van der Waals surface area contributed by atoms with Crippen molar-refractivity contribution in [2.45, 2.75) is 24.7 Å². The van der Waals surface area contributed by atoms with Crippen LogP contribution in [0.1, 0.15) is 35.3 Å². The van der Waals surface area contributed by atoms with Gasteiger partial charge in [0.15, 0.2) is 5.69 Å². The Hall–Kier alpha value is -1.85. The first-order chi connectivity index (χ1) is 11.5. The van der Waals surface area contributed by atoms with Gasteiger partial charge >= 0.3 is 5.97 Å². The first kappa shape index (κ1) is 17.0. The molecule has 1 aliphatic rings. The van der Waals surface area contributed by atoms with Crippen molar-refractivity contribution in [1.29, 1.82) is 0 Å². The van der Waals surface area contributed by atoms with Crippen LogP contribution in [-0.4, -0.2) is 29.8 Å². The second-order valence-electron chi connectivity index (χ2n) is 5.91. The number of benzene rings is 1. The number of carbonyl (C=O) groups excluding carboxylic acids is 1. The summed E-state index contributed by atoms with van der Waals surface area (Å²) in [5.74, 6) is 0.120. The van der Waals surface area contributed by atoms with E-state index in [9.17, 15) is 4.79 Å². The monoisotopic (exact) mass is 365 g/mol. The summed E-state index contributed by atoms with van der Waals surface area (Å²) < 4.78 is 4.61. The van der Waals surface area contributed by atoms with Gasteiger partial charge < -0.3 is 10.1 Å². The Bertz CT molecular complexity index is 746. The number of carbonyl (C=O) groups is 1. The minimum Gasteiger partial charge on any atom is -0.464 e. The van der Waals surface area contributed by atoms with Gasteiger partial charge in [0.25, 0.3) is 0 Å². The van der Waals surface area contributed by atoms with E-state index in [1.807, 2.05) is 18.2 Å². The van der Waals surface area contributed by atoms with Crippen LogP contribution in [0.5, 0.6) is 0 Å². The number of aromatic nitrogens is 2. The summed E-state index contributed by atoms with van der Waals surface area (Å²) in [6.45, 7) is 0.719. The van der Waals surface area contributed by atoms with Gasteiger partial charge in [-0.3, -0.25) is 0 Å². The molecule has 2 aromatic rings. The number of nitrogens with one attached hydrogen (secondary N) is 1. The number of nitrogens with zero attached hydrogens (tertiary/aromatic N) is 2. The second kappa shape index (κ2) is 6.95. The predicted octanol–water partition coefficient (Wildman–Crippen LogP) is 4.10. The predicted molar refractivity (Wildman–Crippen MR) is 93.9 cm³/mol. The highest BCUT2D eigenvalue weighted by Gasteiger charge is 2.38. The molecule has 24 heavy (non-hydrogen) atoms. The zero-order chi connectivity index (χ0) is 17.2. The number of rotatable bonds is 5. The van der Waals surface area contributed by atoms with Crippen molar-refractivity contribution in [2.75, 3.05) is 19.0 Å². The van der Waals surface area contributed by atoms with Crippen LogP contribution in [-0.2, 0) is 10.2 Å². The lowest BCUT2D eigenvalue weighted by Crippen LogP contribution is -2.41. The van der Waals surface area contributed by atoms with Gasteiger partial charge in [-0.15, -0.1) is 10.2 Å². The van der Waals surface area contributed by atoms with E-state index in [2.05, 4.69) is 20.3 Å². The molecule has 3 rings (SSSR count). The smallest absolute Gasteiger partial charge is 0.358 e. The average Bonchev–Trinajstić information content (AvgIpc) is 2.57. The molecule has 5 nitrogen and oxygen atoms in total. The molecular formula is C17H17Cl2N3O2.